The molecule has 0 atom stereocenters. The number of aromatic nitrogens is 1. The summed E-state index contributed by atoms with van der Waals surface area (Å²) in [5.74, 6) is 0.246. The Morgan fingerprint density at radius 3 is 1.76 bits per heavy atom. The number of para-hydroxylation sites is 1. The molecular formula is C22H22AlNO. The molecule has 0 saturated heterocycles. The average molecular weight is 343 g/mol. The van der Waals surface area contributed by atoms with Crippen LogP contribution in [0.15, 0.2) is 91.0 Å². The second-order valence-corrected chi connectivity index (χ2v) is 5.53. The van der Waals surface area contributed by atoms with Gasteiger partial charge in [-0.05, 0) is 30.2 Å². The standard InChI is InChI=1S/C12H10.C10H9NO.Al.3H/c1-3-7-11(8-4-1)12-9-5-2-6-10-12;1-7-5-6-8-3-2-4-9(12)10(8)11-7;;;;/h1-10H;2-6,12H,1H3;;;;. The summed E-state index contributed by atoms with van der Waals surface area (Å²) in [5, 5.41) is 10.4. The van der Waals surface area contributed by atoms with Crippen LogP contribution in [0.1, 0.15) is 5.69 Å². The molecule has 4 rings (SSSR count). The van der Waals surface area contributed by atoms with E-state index in [4.69, 9.17) is 0 Å². The van der Waals surface area contributed by atoms with Crippen molar-refractivity contribution in [1.29, 1.82) is 0 Å². The van der Waals surface area contributed by atoms with Crippen LogP contribution in [0.25, 0.3) is 22.0 Å². The van der Waals surface area contributed by atoms with E-state index < -0.39 is 0 Å². The normalized spacial score (nSPS) is 9.64. The summed E-state index contributed by atoms with van der Waals surface area (Å²) in [4.78, 5) is 4.23. The molecule has 0 amide bonds. The van der Waals surface area contributed by atoms with E-state index in [1.54, 1.807) is 6.07 Å². The van der Waals surface area contributed by atoms with Gasteiger partial charge in [-0.15, -0.1) is 0 Å². The van der Waals surface area contributed by atoms with Crippen molar-refractivity contribution < 1.29 is 5.11 Å². The molecule has 0 unspecified atom stereocenters. The third-order valence-corrected chi connectivity index (χ3v) is 3.72. The largest absolute Gasteiger partial charge is 0.506 e. The molecule has 0 aliphatic rings. The fraction of sp³-hybridized carbons (Fsp3) is 0.0455. The van der Waals surface area contributed by atoms with Crippen LogP contribution in [-0.4, -0.2) is 27.5 Å². The van der Waals surface area contributed by atoms with E-state index in [2.05, 4.69) is 53.5 Å². The lowest BCUT2D eigenvalue weighted by Gasteiger charge is -1.99. The highest BCUT2D eigenvalue weighted by atomic mass is 27.0. The van der Waals surface area contributed by atoms with Crippen LogP contribution in [0.2, 0.25) is 0 Å². The molecular weight excluding hydrogens is 321 g/mol. The van der Waals surface area contributed by atoms with Gasteiger partial charge in [-0.25, -0.2) is 4.98 Å². The molecule has 124 valence electrons. The Balaban J connectivity index is 0.000000173. The van der Waals surface area contributed by atoms with Crippen molar-refractivity contribution in [2.75, 3.05) is 0 Å². The van der Waals surface area contributed by atoms with Gasteiger partial charge in [0.1, 0.15) is 11.3 Å². The molecule has 0 bridgehead atoms. The minimum Gasteiger partial charge on any atom is -0.506 e. The topological polar surface area (TPSA) is 33.1 Å². The monoisotopic (exact) mass is 343 g/mol. The molecule has 0 fully saturated rings. The maximum absolute atomic E-state index is 9.43. The first-order chi connectivity index (χ1) is 11.7. The Morgan fingerprint density at radius 1 is 0.640 bits per heavy atom. The molecule has 4 aromatic rings. The quantitative estimate of drug-likeness (QED) is 0.519. The summed E-state index contributed by atoms with van der Waals surface area (Å²) < 4.78 is 0. The Labute approximate surface area is 158 Å². The molecule has 1 heterocycles. The van der Waals surface area contributed by atoms with Crippen molar-refractivity contribution in [1.82, 2.24) is 4.98 Å². The number of hydrogen-bond donors (Lipinski definition) is 1. The van der Waals surface area contributed by atoms with Gasteiger partial charge >= 0.3 is 0 Å². The maximum atomic E-state index is 9.43. The predicted molar refractivity (Wildman–Crippen MR) is 110 cm³/mol. The van der Waals surface area contributed by atoms with E-state index in [-0.39, 0.29) is 23.1 Å². The van der Waals surface area contributed by atoms with E-state index in [0.29, 0.717) is 5.52 Å². The molecule has 0 aliphatic carbocycles. The van der Waals surface area contributed by atoms with Crippen LogP contribution in [-0.2, 0) is 0 Å². The first-order valence-electron chi connectivity index (χ1n) is 7.90. The Kier molecular flexibility index (Phi) is 6.77. The zero-order valence-corrected chi connectivity index (χ0v) is 13.6. The maximum Gasteiger partial charge on any atom is 0.187 e. The summed E-state index contributed by atoms with van der Waals surface area (Å²) in [6.45, 7) is 1.91. The number of aromatic hydroxyl groups is 1. The number of phenols is 1. The molecule has 25 heavy (non-hydrogen) atoms. The second-order valence-electron chi connectivity index (χ2n) is 5.53. The summed E-state index contributed by atoms with van der Waals surface area (Å²) in [6, 6.07) is 30.1. The van der Waals surface area contributed by atoms with E-state index in [1.165, 1.54) is 11.1 Å². The van der Waals surface area contributed by atoms with Gasteiger partial charge in [-0.2, -0.15) is 0 Å². The van der Waals surface area contributed by atoms with Crippen molar-refractivity contribution in [2.45, 2.75) is 6.92 Å². The molecule has 0 spiro atoms. The lowest BCUT2D eigenvalue weighted by atomic mass is 10.1. The Hall–Kier alpha value is -2.60. The predicted octanol–water partition coefficient (Wildman–Crippen LogP) is 4.42. The lowest BCUT2D eigenvalue weighted by Crippen LogP contribution is -1.82. The molecule has 0 aliphatic heterocycles. The second kappa shape index (κ2) is 9.03. The Bertz CT molecular complexity index is 887. The summed E-state index contributed by atoms with van der Waals surface area (Å²) in [6.07, 6.45) is 0. The lowest BCUT2D eigenvalue weighted by molar-refractivity contribution is 0.480. The number of aryl methyl sites for hydroxylation is 1. The molecule has 0 radical (unpaired) electrons. The van der Waals surface area contributed by atoms with Crippen LogP contribution in [0.5, 0.6) is 5.75 Å². The van der Waals surface area contributed by atoms with E-state index in [9.17, 15) is 5.11 Å². The first kappa shape index (κ1) is 18.7. The van der Waals surface area contributed by atoms with Gasteiger partial charge in [0.25, 0.3) is 0 Å². The summed E-state index contributed by atoms with van der Waals surface area (Å²) in [5.41, 5.74) is 4.15. The third kappa shape index (κ3) is 4.94. The SMILES string of the molecule is Cc1ccc2cccc(O)c2n1.[AlH3].c1ccc(-c2ccccc2)cc1. The summed E-state index contributed by atoms with van der Waals surface area (Å²) >= 11 is 0. The smallest absolute Gasteiger partial charge is 0.187 e. The molecule has 0 saturated carbocycles. The van der Waals surface area contributed by atoms with Crippen LogP contribution < -0.4 is 0 Å². The van der Waals surface area contributed by atoms with Crippen molar-refractivity contribution in [2.24, 2.45) is 0 Å². The minimum atomic E-state index is 0. The van der Waals surface area contributed by atoms with Gasteiger partial charge in [0.05, 0.1) is 0 Å². The van der Waals surface area contributed by atoms with Crippen molar-refractivity contribution in [3.8, 4) is 16.9 Å². The van der Waals surface area contributed by atoms with E-state index in [0.717, 1.165) is 11.1 Å². The van der Waals surface area contributed by atoms with E-state index in [1.807, 2.05) is 43.3 Å². The van der Waals surface area contributed by atoms with Gasteiger partial charge in [0.2, 0.25) is 0 Å². The average Bonchev–Trinajstić information content (AvgIpc) is 2.65. The van der Waals surface area contributed by atoms with Crippen molar-refractivity contribution in [3.05, 3.63) is 96.7 Å². The van der Waals surface area contributed by atoms with Gasteiger partial charge in [-0.3, -0.25) is 0 Å². The molecule has 1 N–H and O–H groups in total. The Morgan fingerprint density at radius 2 is 1.20 bits per heavy atom. The number of benzene rings is 3. The fourth-order valence-electron chi connectivity index (χ4n) is 2.49. The van der Waals surface area contributed by atoms with Gasteiger partial charge < -0.3 is 5.11 Å². The fourth-order valence-corrected chi connectivity index (χ4v) is 2.49. The van der Waals surface area contributed by atoms with Crippen LogP contribution in [0.4, 0.5) is 0 Å². The van der Waals surface area contributed by atoms with Crippen molar-refractivity contribution in [3.63, 3.8) is 0 Å². The number of phenolic OH excluding ortho intramolecular Hbond substituents is 1. The number of fused-ring (bicyclic) bond motifs is 1. The molecule has 2 nitrogen and oxygen atoms in total. The summed E-state index contributed by atoms with van der Waals surface area (Å²) in [7, 11) is 0. The van der Waals surface area contributed by atoms with Gasteiger partial charge in [0, 0.05) is 11.1 Å². The number of rotatable bonds is 1. The van der Waals surface area contributed by atoms with Crippen molar-refractivity contribution >= 4 is 28.3 Å². The van der Waals surface area contributed by atoms with E-state index >= 15 is 0 Å². The van der Waals surface area contributed by atoms with Crippen LogP contribution in [0.3, 0.4) is 0 Å². The minimum absolute atomic E-state index is 0. The highest BCUT2D eigenvalue weighted by Gasteiger charge is 1.99. The molecule has 3 aromatic carbocycles. The highest BCUT2D eigenvalue weighted by Crippen LogP contribution is 2.21. The van der Waals surface area contributed by atoms with Crippen LogP contribution >= 0.6 is 0 Å². The molecule has 1 aromatic heterocycles. The zero-order chi connectivity index (χ0) is 16.8. The number of hydrogen-bond acceptors (Lipinski definition) is 2. The highest BCUT2D eigenvalue weighted by molar-refractivity contribution is 5.84. The van der Waals surface area contributed by atoms with Gasteiger partial charge in [0.15, 0.2) is 17.4 Å². The zero-order valence-electron chi connectivity index (χ0n) is 13.6. The number of pyridine rings is 1. The van der Waals surface area contributed by atoms with Crippen LogP contribution in [0, 0.1) is 6.92 Å². The first-order valence-corrected chi connectivity index (χ1v) is 7.90. The third-order valence-electron chi connectivity index (χ3n) is 3.72. The molecule has 3 heteroatoms. The number of nitrogens with zero attached hydrogens (tertiary/aromatic N) is 1. The van der Waals surface area contributed by atoms with Gasteiger partial charge in [-0.1, -0.05) is 78.9 Å².